The van der Waals surface area contributed by atoms with Gasteiger partial charge in [0.25, 0.3) is 0 Å². The molecule has 2 aliphatic rings. The number of carbonyl (C=O) groups is 1. The molecule has 0 radical (unpaired) electrons. The van der Waals surface area contributed by atoms with Crippen LogP contribution in [0.4, 0.5) is 0 Å². The first-order chi connectivity index (χ1) is 10.3. The summed E-state index contributed by atoms with van der Waals surface area (Å²) in [5.74, 6) is -0.282. The summed E-state index contributed by atoms with van der Waals surface area (Å²) in [5, 5.41) is 2.25. The smallest absolute Gasteiger partial charge is 0.337 e. The molecule has 21 heavy (non-hydrogen) atoms. The first-order valence-corrected chi connectivity index (χ1v) is 9.05. The maximum atomic E-state index is 11.5. The molecule has 5 heteroatoms. The summed E-state index contributed by atoms with van der Waals surface area (Å²) in [6.07, 6.45) is 4.01. The van der Waals surface area contributed by atoms with E-state index in [-0.39, 0.29) is 5.97 Å². The summed E-state index contributed by atoms with van der Waals surface area (Å²) < 4.78 is 5.24. The minimum absolute atomic E-state index is 0.282. The summed E-state index contributed by atoms with van der Waals surface area (Å²) in [6, 6.07) is 7.68. The molecule has 1 aromatic carbocycles. The molecule has 2 heterocycles. The number of benzene rings is 1. The largest absolute Gasteiger partial charge is 0.465 e. The average molecular weight is 321 g/mol. The van der Waals surface area contributed by atoms with Crippen molar-refractivity contribution in [1.82, 2.24) is 4.90 Å². The molecule has 1 saturated heterocycles. The summed E-state index contributed by atoms with van der Waals surface area (Å²) in [5.41, 5.74) is 1.78. The van der Waals surface area contributed by atoms with Crippen LogP contribution in [-0.4, -0.2) is 35.8 Å². The summed E-state index contributed by atoms with van der Waals surface area (Å²) in [7, 11) is 1.41. The van der Waals surface area contributed by atoms with Gasteiger partial charge in [-0.2, -0.15) is 0 Å². The van der Waals surface area contributed by atoms with Gasteiger partial charge in [-0.1, -0.05) is 30.3 Å². The second-order valence-electron chi connectivity index (χ2n) is 5.21. The number of hydrogen-bond donors (Lipinski definition) is 0. The van der Waals surface area contributed by atoms with Crippen molar-refractivity contribution in [3.63, 3.8) is 0 Å². The van der Waals surface area contributed by atoms with Crippen LogP contribution in [0.15, 0.2) is 29.7 Å². The summed E-state index contributed by atoms with van der Waals surface area (Å²) >= 11 is 3.83. The zero-order chi connectivity index (χ0) is 14.7. The molecule has 2 aliphatic heterocycles. The molecule has 1 fully saturated rings. The van der Waals surface area contributed by atoms with Gasteiger partial charge in [-0.05, 0) is 49.0 Å². The molecular weight excluding hydrogens is 302 g/mol. The number of thioether (sulfide) groups is 2. The predicted octanol–water partition coefficient (Wildman–Crippen LogP) is 4.02. The molecule has 3 nitrogen and oxygen atoms in total. The van der Waals surface area contributed by atoms with Crippen molar-refractivity contribution in [3.8, 4) is 0 Å². The molecule has 1 aromatic rings. The fourth-order valence-electron chi connectivity index (χ4n) is 2.60. The lowest BCUT2D eigenvalue weighted by Gasteiger charge is -2.30. The van der Waals surface area contributed by atoms with Gasteiger partial charge in [0, 0.05) is 4.91 Å². The van der Waals surface area contributed by atoms with E-state index in [0.717, 1.165) is 0 Å². The second kappa shape index (κ2) is 6.90. The van der Waals surface area contributed by atoms with Gasteiger partial charge in [0.15, 0.2) is 0 Å². The number of piperidine rings is 1. The van der Waals surface area contributed by atoms with E-state index in [9.17, 15) is 4.79 Å². The third-order valence-corrected chi connectivity index (χ3v) is 6.58. The lowest BCUT2D eigenvalue weighted by Crippen LogP contribution is -2.34. The van der Waals surface area contributed by atoms with Gasteiger partial charge in [0.1, 0.15) is 4.71 Å². The van der Waals surface area contributed by atoms with Crippen molar-refractivity contribution in [2.75, 3.05) is 20.2 Å². The molecule has 0 amide bonds. The number of hydrogen-bond acceptors (Lipinski definition) is 5. The van der Waals surface area contributed by atoms with E-state index in [2.05, 4.69) is 10.3 Å². The Kier molecular flexibility index (Phi) is 4.93. The fourth-order valence-corrected chi connectivity index (χ4v) is 5.30. The van der Waals surface area contributed by atoms with Gasteiger partial charge < -0.3 is 4.74 Å². The van der Waals surface area contributed by atoms with Crippen LogP contribution in [0.5, 0.6) is 0 Å². The second-order valence-corrected chi connectivity index (χ2v) is 7.58. The first kappa shape index (κ1) is 15.0. The monoisotopic (exact) mass is 321 g/mol. The Labute approximate surface area is 134 Å². The zero-order valence-electron chi connectivity index (χ0n) is 12.1. The molecule has 112 valence electrons. The van der Waals surface area contributed by atoms with Gasteiger partial charge in [-0.3, -0.25) is 4.90 Å². The minimum Gasteiger partial charge on any atom is -0.465 e. The molecule has 0 aromatic heterocycles. The van der Waals surface area contributed by atoms with Crippen LogP contribution in [0.1, 0.15) is 35.2 Å². The summed E-state index contributed by atoms with van der Waals surface area (Å²) in [4.78, 5) is 15.3. The van der Waals surface area contributed by atoms with Crippen molar-refractivity contribution >= 4 is 34.4 Å². The molecule has 0 saturated carbocycles. The van der Waals surface area contributed by atoms with E-state index in [1.807, 2.05) is 47.8 Å². The fraction of sp³-hybridized carbons (Fsp3) is 0.438. The molecule has 0 aliphatic carbocycles. The first-order valence-electron chi connectivity index (χ1n) is 7.23. The molecule has 0 spiro atoms. The van der Waals surface area contributed by atoms with E-state index >= 15 is 0 Å². The maximum Gasteiger partial charge on any atom is 0.337 e. The number of rotatable bonds is 3. The van der Waals surface area contributed by atoms with E-state index < -0.39 is 0 Å². The standard InChI is InChI=1S/C16H19NO2S2/c1-19-15(18)13-7-5-12(6-8-13)14-11-20-16(21-14)17-9-3-2-4-10-17/h5-8,11,16H,2-4,9-10H2,1H3. The highest BCUT2D eigenvalue weighted by molar-refractivity contribution is 8.26. The van der Waals surface area contributed by atoms with E-state index in [4.69, 9.17) is 4.74 Å². The third kappa shape index (κ3) is 3.47. The zero-order valence-corrected chi connectivity index (χ0v) is 13.7. The molecule has 1 unspecified atom stereocenters. The number of likely N-dealkylation sites (tertiary alicyclic amines) is 1. The highest BCUT2D eigenvalue weighted by Crippen LogP contribution is 2.47. The number of ether oxygens (including phenoxy) is 1. The normalized spacial score (nSPS) is 22.9. The Morgan fingerprint density at radius 3 is 2.57 bits per heavy atom. The predicted molar refractivity (Wildman–Crippen MR) is 90.2 cm³/mol. The minimum atomic E-state index is -0.282. The number of methoxy groups -OCH3 is 1. The van der Waals surface area contributed by atoms with Gasteiger partial charge >= 0.3 is 5.97 Å². The van der Waals surface area contributed by atoms with Crippen molar-refractivity contribution < 1.29 is 9.53 Å². The average Bonchev–Trinajstić information content (AvgIpc) is 3.05. The van der Waals surface area contributed by atoms with E-state index in [1.165, 1.54) is 49.9 Å². The SMILES string of the molecule is COC(=O)c1ccc(C2=CSC(N3CCCCC3)S2)cc1. The lowest BCUT2D eigenvalue weighted by atomic mass is 10.1. The van der Waals surface area contributed by atoms with Crippen LogP contribution in [0, 0.1) is 0 Å². The van der Waals surface area contributed by atoms with Crippen LogP contribution in [0.2, 0.25) is 0 Å². The van der Waals surface area contributed by atoms with E-state index in [1.54, 1.807) is 0 Å². The van der Waals surface area contributed by atoms with Crippen LogP contribution >= 0.6 is 23.5 Å². The van der Waals surface area contributed by atoms with Crippen LogP contribution in [0.25, 0.3) is 4.91 Å². The summed E-state index contributed by atoms with van der Waals surface area (Å²) in [6.45, 7) is 2.43. The molecule has 3 rings (SSSR count). The molecule has 0 bridgehead atoms. The van der Waals surface area contributed by atoms with Gasteiger partial charge in [-0.25, -0.2) is 4.79 Å². The van der Waals surface area contributed by atoms with Crippen molar-refractivity contribution in [1.29, 1.82) is 0 Å². The maximum absolute atomic E-state index is 11.5. The van der Waals surface area contributed by atoms with Gasteiger partial charge in [0.2, 0.25) is 0 Å². The quantitative estimate of drug-likeness (QED) is 0.784. The number of nitrogens with zero attached hydrogens (tertiary/aromatic N) is 1. The Hall–Kier alpha value is -0.910. The number of esters is 1. The third-order valence-electron chi connectivity index (χ3n) is 3.80. The number of carbonyl (C=O) groups excluding carboxylic acids is 1. The van der Waals surface area contributed by atoms with E-state index in [0.29, 0.717) is 10.3 Å². The topological polar surface area (TPSA) is 29.5 Å². The van der Waals surface area contributed by atoms with Crippen LogP contribution in [0.3, 0.4) is 0 Å². The van der Waals surface area contributed by atoms with Crippen LogP contribution in [-0.2, 0) is 4.74 Å². The van der Waals surface area contributed by atoms with Crippen molar-refractivity contribution in [2.24, 2.45) is 0 Å². The Morgan fingerprint density at radius 2 is 1.90 bits per heavy atom. The van der Waals surface area contributed by atoms with Crippen molar-refractivity contribution in [2.45, 2.75) is 24.0 Å². The molecule has 0 N–H and O–H groups in total. The highest BCUT2D eigenvalue weighted by Gasteiger charge is 2.26. The van der Waals surface area contributed by atoms with Gasteiger partial charge in [-0.15, -0.1) is 11.8 Å². The Bertz CT molecular complexity index is 536. The highest BCUT2D eigenvalue weighted by atomic mass is 32.2. The van der Waals surface area contributed by atoms with Crippen LogP contribution < -0.4 is 0 Å². The molecular formula is C16H19NO2S2. The van der Waals surface area contributed by atoms with Crippen molar-refractivity contribution in [3.05, 3.63) is 40.8 Å². The lowest BCUT2D eigenvalue weighted by molar-refractivity contribution is 0.0601. The van der Waals surface area contributed by atoms with Gasteiger partial charge in [0.05, 0.1) is 12.7 Å². The Balaban J connectivity index is 1.64. The molecule has 1 atom stereocenters. The Morgan fingerprint density at radius 1 is 1.19 bits per heavy atom.